The first kappa shape index (κ1) is 29.0. The molecule has 3 atom stereocenters. The predicted molar refractivity (Wildman–Crippen MR) is 154 cm³/mol. The van der Waals surface area contributed by atoms with Gasteiger partial charge in [0.15, 0.2) is 6.23 Å². The van der Waals surface area contributed by atoms with Gasteiger partial charge in [0, 0.05) is 19.5 Å². The van der Waals surface area contributed by atoms with E-state index in [1.54, 1.807) is 14.2 Å². The first-order valence-electron chi connectivity index (χ1n) is 13.5. The van der Waals surface area contributed by atoms with Gasteiger partial charge in [0.1, 0.15) is 29.1 Å². The molecule has 10 heteroatoms. The molecular weight excluding hydrogens is 541 g/mol. The smallest absolute Gasteiger partial charge is 0.351 e. The highest BCUT2D eigenvalue weighted by molar-refractivity contribution is 5.87. The highest BCUT2D eigenvalue weighted by Crippen LogP contribution is 2.43. The normalized spacial score (nSPS) is 18.4. The molecule has 3 aromatic carbocycles. The van der Waals surface area contributed by atoms with Crippen LogP contribution in [0.1, 0.15) is 36.3 Å². The SMILES string of the molecule is COc1ccc(C(OC[C@H]2C[C@@H](F)[C@H](n3ccc(NC(C)=O)nc3=O)O2)(c2ccccc2)c2ccc(OC)cc2)cc1. The number of rotatable bonds is 10. The lowest BCUT2D eigenvalue weighted by atomic mass is 9.80. The van der Waals surface area contributed by atoms with Crippen molar-refractivity contribution < 1.29 is 28.1 Å². The number of carbonyl (C=O) groups is 1. The van der Waals surface area contributed by atoms with Gasteiger partial charge >= 0.3 is 5.69 Å². The number of nitrogens with zero attached hydrogens (tertiary/aromatic N) is 2. The Hall–Kier alpha value is -4.54. The molecule has 5 rings (SSSR count). The van der Waals surface area contributed by atoms with Gasteiger partial charge in [-0.1, -0.05) is 54.6 Å². The zero-order valence-corrected chi connectivity index (χ0v) is 23.5. The lowest BCUT2D eigenvalue weighted by Crippen LogP contribution is -2.36. The van der Waals surface area contributed by atoms with Gasteiger partial charge in [-0.05, 0) is 47.0 Å². The summed E-state index contributed by atoms with van der Waals surface area (Å²) in [5.41, 5.74) is 0.706. The van der Waals surface area contributed by atoms with Crippen LogP contribution in [0.5, 0.6) is 11.5 Å². The Morgan fingerprint density at radius 3 is 2.05 bits per heavy atom. The topological polar surface area (TPSA) is 101 Å². The van der Waals surface area contributed by atoms with E-state index >= 15 is 4.39 Å². The molecule has 218 valence electrons. The summed E-state index contributed by atoms with van der Waals surface area (Å²) in [6.07, 6.45) is -1.94. The first-order chi connectivity index (χ1) is 20.3. The molecule has 1 aliphatic rings. The van der Waals surface area contributed by atoms with Gasteiger partial charge in [0.2, 0.25) is 5.91 Å². The fourth-order valence-electron chi connectivity index (χ4n) is 5.20. The Balaban J connectivity index is 1.48. The van der Waals surface area contributed by atoms with E-state index in [2.05, 4.69) is 10.3 Å². The number of amides is 1. The summed E-state index contributed by atoms with van der Waals surface area (Å²) in [5, 5.41) is 2.45. The van der Waals surface area contributed by atoms with Crippen LogP contribution in [-0.2, 0) is 19.9 Å². The van der Waals surface area contributed by atoms with Gasteiger partial charge in [0.25, 0.3) is 0 Å². The summed E-state index contributed by atoms with van der Waals surface area (Å²) in [5.74, 6) is 1.11. The molecule has 0 radical (unpaired) electrons. The standard InChI is InChI=1S/C32H32FN3O6/c1-21(37)34-29-17-18-36(31(38)35-29)30-28(33)19-27(42-30)20-41-32(22-7-5-4-6-8-22,23-9-13-25(39-2)14-10-23)24-11-15-26(40-3)16-12-24/h4-18,27-28,30H,19-20H2,1-3H3,(H,34,35,37,38)/t27-,28-,30-/m1/s1. The number of benzene rings is 3. The number of carbonyl (C=O) groups excluding carboxylic acids is 1. The summed E-state index contributed by atoms with van der Waals surface area (Å²) in [4.78, 5) is 27.8. The zero-order valence-electron chi connectivity index (χ0n) is 23.5. The van der Waals surface area contributed by atoms with E-state index in [0.717, 1.165) is 21.3 Å². The van der Waals surface area contributed by atoms with E-state index in [-0.39, 0.29) is 24.8 Å². The van der Waals surface area contributed by atoms with E-state index in [9.17, 15) is 9.59 Å². The molecule has 42 heavy (non-hydrogen) atoms. The maximum Gasteiger partial charge on any atom is 0.351 e. The predicted octanol–water partition coefficient (Wildman–Crippen LogP) is 4.85. The fraction of sp³-hybridized carbons (Fsp3) is 0.281. The molecule has 4 aromatic rings. The molecule has 9 nitrogen and oxygen atoms in total. The van der Waals surface area contributed by atoms with Crippen LogP contribution < -0.4 is 20.5 Å². The second-order valence-electron chi connectivity index (χ2n) is 9.90. The minimum absolute atomic E-state index is 0.0145. The summed E-state index contributed by atoms with van der Waals surface area (Å²) < 4.78 is 40.0. The molecule has 2 heterocycles. The Bertz CT molecular complexity index is 1510. The van der Waals surface area contributed by atoms with Crippen LogP contribution in [0.2, 0.25) is 0 Å². The van der Waals surface area contributed by atoms with Gasteiger partial charge in [-0.3, -0.25) is 9.36 Å². The molecule has 0 spiro atoms. The van der Waals surface area contributed by atoms with E-state index in [1.807, 2.05) is 78.9 Å². The lowest BCUT2D eigenvalue weighted by Gasteiger charge is -2.37. The van der Waals surface area contributed by atoms with Crippen LogP contribution in [-0.4, -0.2) is 48.6 Å². The van der Waals surface area contributed by atoms with Crippen molar-refractivity contribution in [1.82, 2.24) is 9.55 Å². The maximum absolute atomic E-state index is 15.3. The van der Waals surface area contributed by atoms with Crippen molar-refractivity contribution in [3.05, 3.63) is 118 Å². The molecule has 1 fully saturated rings. The van der Waals surface area contributed by atoms with Crippen LogP contribution in [0.4, 0.5) is 10.2 Å². The Morgan fingerprint density at radius 1 is 0.952 bits per heavy atom. The summed E-state index contributed by atoms with van der Waals surface area (Å²) in [6, 6.07) is 26.4. The quantitative estimate of drug-likeness (QED) is 0.271. The third-order valence-electron chi connectivity index (χ3n) is 7.20. The number of methoxy groups -OCH3 is 2. The Labute approximate surface area is 242 Å². The van der Waals surface area contributed by atoms with Gasteiger partial charge in [-0.15, -0.1) is 0 Å². The van der Waals surface area contributed by atoms with Crippen molar-refractivity contribution in [2.75, 3.05) is 26.1 Å². The number of hydrogen-bond acceptors (Lipinski definition) is 7. The van der Waals surface area contributed by atoms with Crippen molar-refractivity contribution in [2.45, 2.75) is 37.4 Å². The highest BCUT2D eigenvalue weighted by atomic mass is 19.1. The number of aromatic nitrogens is 2. The molecule has 1 aliphatic heterocycles. The van der Waals surface area contributed by atoms with Gasteiger partial charge in [-0.2, -0.15) is 4.98 Å². The molecule has 1 N–H and O–H groups in total. The largest absolute Gasteiger partial charge is 0.497 e. The molecule has 1 saturated heterocycles. The van der Waals surface area contributed by atoms with Crippen LogP contribution in [0, 0.1) is 0 Å². The molecule has 0 bridgehead atoms. The van der Waals surface area contributed by atoms with Crippen LogP contribution in [0.25, 0.3) is 0 Å². The number of hydrogen-bond donors (Lipinski definition) is 1. The summed E-state index contributed by atoms with van der Waals surface area (Å²) in [6.45, 7) is 1.33. The first-order valence-corrected chi connectivity index (χ1v) is 13.5. The third kappa shape index (κ3) is 5.90. The Kier molecular flexibility index (Phi) is 8.65. The van der Waals surface area contributed by atoms with Crippen molar-refractivity contribution in [1.29, 1.82) is 0 Å². The summed E-state index contributed by atoms with van der Waals surface area (Å²) in [7, 11) is 3.21. The second-order valence-corrected chi connectivity index (χ2v) is 9.90. The van der Waals surface area contributed by atoms with Crippen LogP contribution in [0.3, 0.4) is 0 Å². The average Bonchev–Trinajstić information content (AvgIpc) is 3.38. The maximum atomic E-state index is 15.3. The second kappa shape index (κ2) is 12.5. The molecule has 0 aliphatic carbocycles. The molecular formula is C32H32FN3O6. The van der Waals surface area contributed by atoms with Crippen molar-refractivity contribution in [3.63, 3.8) is 0 Å². The minimum atomic E-state index is -1.47. The number of ether oxygens (including phenoxy) is 4. The zero-order chi connectivity index (χ0) is 29.7. The lowest BCUT2D eigenvalue weighted by molar-refractivity contribution is -0.114. The van der Waals surface area contributed by atoms with E-state index in [0.29, 0.717) is 11.5 Å². The molecule has 1 amide bonds. The van der Waals surface area contributed by atoms with Gasteiger partial charge in [0.05, 0.1) is 26.9 Å². The van der Waals surface area contributed by atoms with Crippen molar-refractivity contribution in [3.8, 4) is 11.5 Å². The highest BCUT2D eigenvalue weighted by Gasteiger charge is 2.42. The summed E-state index contributed by atoms with van der Waals surface area (Å²) >= 11 is 0. The minimum Gasteiger partial charge on any atom is -0.497 e. The molecule has 0 saturated carbocycles. The van der Waals surface area contributed by atoms with Crippen molar-refractivity contribution in [2.24, 2.45) is 0 Å². The third-order valence-corrected chi connectivity index (χ3v) is 7.20. The Morgan fingerprint density at radius 2 is 1.52 bits per heavy atom. The number of alkyl halides is 1. The molecule has 0 unspecified atom stereocenters. The van der Waals surface area contributed by atoms with Crippen molar-refractivity contribution >= 4 is 11.7 Å². The van der Waals surface area contributed by atoms with Gasteiger partial charge in [-0.25, -0.2) is 9.18 Å². The monoisotopic (exact) mass is 573 g/mol. The van der Waals surface area contributed by atoms with E-state index < -0.39 is 29.8 Å². The van der Waals surface area contributed by atoms with E-state index in [1.165, 1.54) is 19.2 Å². The number of nitrogens with one attached hydrogen (secondary N) is 1. The molecule has 1 aromatic heterocycles. The average molecular weight is 574 g/mol. The van der Waals surface area contributed by atoms with Gasteiger partial charge < -0.3 is 24.3 Å². The van der Waals surface area contributed by atoms with Crippen LogP contribution >= 0.6 is 0 Å². The van der Waals surface area contributed by atoms with E-state index in [4.69, 9.17) is 18.9 Å². The fourth-order valence-corrected chi connectivity index (χ4v) is 5.20. The van der Waals surface area contributed by atoms with Crippen LogP contribution in [0.15, 0.2) is 95.9 Å². The number of halogens is 1. The number of anilines is 1.